The van der Waals surface area contributed by atoms with Gasteiger partial charge in [-0.2, -0.15) is 0 Å². The average molecular weight is 355 g/mol. The molecule has 0 aliphatic heterocycles. The highest BCUT2D eigenvalue weighted by Crippen LogP contribution is 2.36. The summed E-state index contributed by atoms with van der Waals surface area (Å²) in [5.41, 5.74) is 1.91. The normalized spacial score (nSPS) is 13.8. The molecule has 1 N–H and O–H groups in total. The number of carboxylic acids is 1. The number of carbonyl (C=O) groups is 1. The molecular formula is C19H15F2N3O2. The maximum atomic E-state index is 13.7. The number of halogens is 2. The number of rotatable bonds is 4. The maximum Gasteiger partial charge on any atom is 0.335 e. The zero-order chi connectivity index (χ0) is 18.4. The van der Waals surface area contributed by atoms with Gasteiger partial charge in [-0.25, -0.2) is 23.5 Å². The van der Waals surface area contributed by atoms with Gasteiger partial charge in [0.1, 0.15) is 5.69 Å². The van der Waals surface area contributed by atoms with Crippen LogP contribution in [0.25, 0.3) is 22.3 Å². The molecule has 1 heterocycles. The zero-order valence-electron chi connectivity index (χ0n) is 13.9. The monoisotopic (exact) mass is 355 g/mol. The molecule has 1 aromatic heterocycles. The lowest BCUT2D eigenvalue weighted by Crippen LogP contribution is -2.22. The van der Waals surface area contributed by atoms with E-state index >= 15 is 0 Å². The van der Waals surface area contributed by atoms with Crippen LogP contribution in [0.1, 0.15) is 23.2 Å². The summed E-state index contributed by atoms with van der Waals surface area (Å²) >= 11 is 0. The topological polar surface area (TPSA) is 66.3 Å². The highest BCUT2D eigenvalue weighted by atomic mass is 19.2. The first-order valence-electron chi connectivity index (χ1n) is 8.17. The van der Waals surface area contributed by atoms with Crippen molar-refractivity contribution in [3.05, 3.63) is 53.6 Å². The molecule has 3 aromatic rings. The molecule has 0 atom stereocenters. The number of fused-ring (bicyclic) bond motifs is 1. The Hall–Kier alpha value is -3.09. The summed E-state index contributed by atoms with van der Waals surface area (Å²) in [5.74, 6) is -2.40. The number of nitrogens with zero attached hydrogens (tertiary/aromatic N) is 3. The van der Waals surface area contributed by atoms with E-state index in [4.69, 9.17) is 0 Å². The van der Waals surface area contributed by atoms with Crippen LogP contribution in [0.15, 0.2) is 36.4 Å². The quantitative estimate of drug-likeness (QED) is 0.769. The van der Waals surface area contributed by atoms with Gasteiger partial charge in [0.25, 0.3) is 0 Å². The second-order valence-electron chi connectivity index (χ2n) is 6.38. The molecule has 5 nitrogen and oxygen atoms in total. The van der Waals surface area contributed by atoms with Gasteiger partial charge in [-0.05, 0) is 49.2 Å². The highest BCUT2D eigenvalue weighted by Gasteiger charge is 2.30. The standard InChI is InChI=1S/C19H15F2N3O2/c1-24(12-4-5-12)18-17(10-2-6-13(20)14(21)8-10)22-15-7-3-11(19(25)26)9-16(15)23-18/h2-3,6-9,12H,4-5H2,1H3,(H,25,26). The van der Waals surface area contributed by atoms with Crippen molar-refractivity contribution in [3.63, 3.8) is 0 Å². The minimum absolute atomic E-state index is 0.118. The fourth-order valence-electron chi connectivity index (χ4n) is 2.90. The number of aromatic nitrogens is 2. The fourth-order valence-corrected chi connectivity index (χ4v) is 2.90. The van der Waals surface area contributed by atoms with Crippen molar-refractivity contribution < 1.29 is 18.7 Å². The van der Waals surface area contributed by atoms with Crippen LogP contribution >= 0.6 is 0 Å². The third-order valence-electron chi connectivity index (χ3n) is 4.51. The first-order valence-corrected chi connectivity index (χ1v) is 8.17. The lowest BCUT2D eigenvalue weighted by Gasteiger charge is -2.21. The van der Waals surface area contributed by atoms with Crippen LogP contribution in [-0.2, 0) is 0 Å². The largest absolute Gasteiger partial charge is 0.478 e. The second-order valence-corrected chi connectivity index (χ2v) is 6.38. The third kappa shape index (κ3) is 2.85. The summed E-state index contributed by atoms with van der Waals surface area (Å²) in [6.45, 7) is 0. The summed E-state index contributed by atoms with van der Waals surface area (Å²) in [5, 5.41) is 9.17. The van der Waals surface area contributed by atoms with E-state index in [0.717, 1.165) is 25.0 Å². The van der Waals surface area contributed by atoms with E-state index in [2.05, 4.69) is 9.97 Å². The van der Waals surface area contributed by atoms with Crippen molar-refractivity contribution in [2.75, 3.05) is 11.9 Å². The Morgan fingerprint density at radius 1 is 1.08 bits per heavy atom. The number of anilines is 1. The van der Waals surface area contributed by atoms with Crippen molar-refractivity contribution in [3.8, 4) is 11.3 Å². The molecule has 1 fully saturated rings. The highest BCUT2D eigenvalue weighted by molar-refractivity contribution is 5.93. The summed E-state index contributed by atoms with van der Waals surface area (Å²) in [4.78, 5) is 22.3. The molecule has 0 bridgehead atoms. The SMILES string of the molecule is CN(c1nc2cc(C(=O)O)ccc2nc1-c1ccc(F)c(F)c1)C1CC1. The van der Waals surface area contributed by atoms with E-state index in [1.54, 1.807) is 6.07 Å². The average Bonchev–Trinajstić information content (AvgIpc) is 3.47. The summed E-state index contributed by atoms with van der Waals surface area (Å²) in [6, 6.07) is 8.41. The Morgan fingerprint density at radius 2 is 1.85 bits per heavy atom. The number of aromatic carboxylic acids is 1. The van der Waals surface area contributed by atoms with Gasteiger partial charge in [0.15, 0.2) is 17.5 Å². The van der Waals surface area contributed by atoms with Gasteiger partial charge < -0.3 is 10.0 Å². The molecule has 2 aromatic carbocycles. The molecular weight excluding hydrogens is 340 g/mol. The lowest BCUT2D eigenvalue weighted by atomic mass is 10.1. The van der Waals surface area contributed by atoms with E-state index in [1.807, 2.05) is 11.9 Å². The predicted molar refractivity (Wildman–Crippen MR) is 93.3 cm³/mol. The Balaban J connectivity index is 1.94. The molecule has 7 heteroatoms. The minimum atomic E-state index is -1.05. The Morgan fingerprint density at radius 3 is 2.50 bits per heavy atom. The molecule has 1 saturated carbocycles. The van der Waals surface area contributed by atoms with Crippen LogP contribution < -0.4 is 4.90 Å². The van der Waals surface area contributed by atoms with Crippen LogP contribution in [0.3, 0.4) is 0 Å². The molecule has 0 radical (unpaired) electrons. The van der Waals surface area contributed by atoms with Crippen LogP contribution in [0, 0.1) is 11.6 Å². The van der Waals surface area contributed by atoms with Crippen LogP contribution in [0.2, 0.25) is 0 Å². The first kappa shape index (κ1) is 16.4. The van der Waals surface area contributed by atoms with Crippen LogP contribution in [-0.4, -0.2) is 34.1 Å². The van der Waals surface area contributed by atoms with E-state index < -0.39 is 17.6 Å². The van der Waals surface area contributed by atoms with Gasteiger partial charge in [-0.15, -0.1) is 0 Å². The molecule has 26 heavy (non-hydrogen) atoms. The van der Waals surface area contributed by atoms with E-state index in [0.29, 0.717) is 34.2 Å². The van der Waals surface area contributed by atoms with Gasteiger partial charge in [-0.3, -0.25) is 0 Å². The maximum absolute atomic E-state index is 13.7. The van der Waals surface area contributed by atoms with Gasteiger partial charge in [0, 0.05) is 18.7 Å². The predicted octanol–water partition coefficient (Wildman–Crippen LogP) is 3.87. The van der Waals surface area contributed by atoms with Gasteiger partial charge >= 0.3 is 5.97 Å². The molecule has 4 rings (SSSR count). The smallest absolute Gasteiger partial charge is 0.335 e. The van der Waals surface area contributed by atoms with Gasteiger partial charge in [0.05, 0.1) is 16.6 Å². The second kappa shape index (κ2) is 6.01. The first-order chi connectivity index (χ1) is 12.4. The fraction of sp³-hybridized carbons (Fsp3) is 0.211. The number of benzene rings is 2. The minimum Gasteiger partial charge on any atom is -0.478 e. The Kier molecular flexibility index (Phi) is 3.79. The molecule has 0 unspecified atom stereocenters. The Bertz CT molecular complexity index is 1030. The van der Waals surface area contributed by atoms with Crippen molar-refractivity contribution in [2.24, 2.45) is 0 Å². The van der Waals surface area contributed by atoms with Crippen molar-refractivity contribution in [1.29, 1.82) is 0 Å². The number of hydrogen-bond acceptors (Lipinski definition) is 4. The number of carboxylic acid groups (broad SMARTS) is 1. The molecule has 1 aliphatic carbocycles. The van der Waals surface area contributed by atoms with E-state index in [-0.39, 0.29) is 5.56 Å². The van der Waals surface area contributed by atoms with Gasteiger partial charge in [-0.1, -0.05) is 0 Å². The van der Waals surface area contributed by atoms with E-state index in [1.165, 1.54) is 18.2 Å². The summed E-state index contributed by atoms with van der Waals surface area (Å²) in [6.07, 6.45) is 2.03. The van der Waals surface area contributed by atoms with Crippen molar-refractivity contribution in [1.82, 2.24) is 9.97 Å². The zero-order valence-corrected chi connectivity index (χ0v) is 13.9. The van der Waals surface area contributed by atoms with Crippen LogP contribution in [0.5, 0.6) is 0 Å². The molecule has 0 amide bonds. The van der Waals surface area contributed by atoms with Crippen molar-refractivity contribution >= 4 is 22.8 Å². The number of hydrogen-bond donors (Lipinski definition) is 1. The summed E-state index contributed by atoms with van der Waals surface area (Å²) < 4.78 is 27.0. The summed E-state index contributed by atoms with van der Waals surface area (Å²) in [7, 11) is 1.87. The van der Waals surface area contributed by atoms with Crippen LogP contribution in [0.4, 0.5) is 14.6 Å². The molecule has 0 spiro atoms. The Labute approximate surface area is 147 Å². The molecule has 1 aliphatic rings. The molecule has 0 saturated heterocycles. The molecule has 132 valence electrons. The lowest BCUT2D eigenvalue weighted by molar-refractivity contribution is 0.0697. The van der Waals surface area contributed by atoms with Gasteiger partial charge in [0.2, 0.25) is 0 Å². The van der Waals surface area contributed by atoms with Crippen molar-refractivity contribution in [2.45, 2.75) is 18.9 Å². The third-order valence-corrected chi connectivity index (χ3v) is 4.51. The van der Waals surface area contributed by atoms with E-state index in [9.17, 15) is 18.7 Å².